The summed E-state index contributed by atoms with van der Waals surface area (Å²) < 4.78 is 16.5. The number of carbonyl (C=O) groups excluding carboxylic acids is 12. The van der Waals surface area contributed by atoms with Gasteiger partial charge in [0.2, 0.25) is 65.0 Å². The van der Waals surface area contributed by atoms with Crippen LogP contribution in [0.2, 0.25) is 0 Å². The molecule has 0 saturated carbocycles. The minimum Gasteiger partial charge on any atom is -0.427 e. The minimum absolute atomic E-state index is 0.0203. The highest BCUT2D eigenvalue weighted by atomic mass is 33.1. The summed E-state index contributed by atoms with van der Waals surface area (Å²) in [6.45, 7) is -0.877. The van der Waals surface area contributed by atoms with Crippen LogP contribution in [0.15, 0.2) is 59.6 Å². The number of guanidine groups is 1. The largest absolute Gasteiger partial charge is 0.427 e. The molecule has 0 bridgehead atoms. The number of primary amides is 3. The molecule has 2 aromatic rings. The van der Waals surface area contributed by atoms with E-state index in [4.69, 9.17) is 48.6 Å². The highest BCUT2D eigenvalue weighted by Crippen LogP contribution is 2.27. The highest BCUT2D eigenvalue weighted by molar-refractivity contribution is 8.76. The Morgan fingerprint density at radius 2 is 1.27 bits per heavy atom. The first-order valence-electron chi connectivity index (χ1n) is 31.8. The number of amides is 11. The van der Waals surface area contributed by atoms with Crippen LogP contribution in [0, 0.1) is 0 Å². The smallest absolute Gasteiger partial charge is 0.311 e. The number of hydrogen-bond donors (Lipinski definition) is 17. The maximum absolute atomic E-state index is 14.8. The molecule has 0 aliphatic carbocycles. The Hall–Kier alpha value is -8.23. The predicted octanol–water partition coefficient (Wildman–Crippen LogP) is -5.66. The lowest BCUT2D eigenvalue weighted by Crippen LogP contribution is -2.61. The maximum Gasteiger partial charge on any atom is 0.311 e. The Bertz CT molecular complexity index is 3030. The van der Waals surface area contributed by atoms with Crippen molar-refractivity contribution in [1.29, 1.82) is 0 Å². The van der Waals surface area contributed by atoms with Crippen LogP contribution in [0.5, 0.6) is 5.75 Å². The lowest BCUT2D eigenvalue weighted by Gasteiger charge is -2.39. The summed E-state index contributed by atoms with van der Waals surface area (Å²) in [7, 11) is 1.95. The lowest BCUT2D eigenvalue weighted by atomic mass is 9.99. The van der Waals surface area contributed by atoms with E-state index in [-0.39, 0.29) is 87.9 Å². The number of nitrogens with zero attached hydrogens (tertiary/aromatic N) is 2. The van der Waals surface area contributed by atoms with Crippen LogP contribution in [0.4, 0.5) is 0 Å². The van der Waals surface area contributed by atoms with Crippen LogP contribution in [-0.4, -0.2) is 226 Å². The van der Waals surface area contributed by atoms with Gasteiger partial charge in [-0.2, -0.15) is 0 Å². The standard InChI is InChI=1S/C61H91N15O19S2/c62-36-31-96-97-32-42(59(92)76-24-11-15-43(76)58(91)71-37(14-10-23-68-61(66)67)53(86)69-29-47(65)80)75-57(90)41(28-46(64)79)74-54(87)38(21-22-45(63)78)70-55(88)40(26-33-12-6-5-7-13-33)73-56(89)39(72-52(36)85)27-34-17-19-35(20-18-34)94-48(81)16-8-3-1-2-4-9-25-93-60-51(84)50(83)49(82)44(30-77)95-60/h5-7,12-13,17-20,36-44,49-51,60,77,82-84H,1-4,8-11,14-16,21-32,62H2,(H2,63,78)(H2,64,79)(H2,65,80)(H,69,86)(H,70,88)(H,71,91)(H,72,85)(H,73,89)(H,74,87)(H,75,90)(H4,66,67,68)/t36-,37-,38-,39?,40-,41?,42-,43-,44+,49+,50-,51+,60+/m0/s1. The maximum atomic E-state index is 14.8. The molecule has 2 unspecified atom stereocenters. The molecule has 97 heavy (non-hydrogen) atoms. The first kappa shape index (κ1) is 79.5. The molecule has 3 aliphatic heterocycles. The molecule has 0 spiro atoms. The lowest BCUT2D eigenvalue weighted by molar-refractivity contribution is -0.301. The molecule has 11 amide bonds. The summed E-state index contributed by atoms with van der Waals surface area (Å²) >= 11 is 0. The second-order valence-electron chi connectivity index (χ2n) is 23.5. The van der Waals surface area contributed by atoms with Gasteiger partial charge in [-0.25, -0.2) is 0 Å². The van der Waals surface area contributed by atoms with Gasteiger partial charge in [-0.05, 0) is 68.2 Å². The van der Waals surface area contributed by atoms with Crippen molar-refractivity contribution in [3.8, 4) is 5.75 Å². The Morgan fingerprint density at radius 1 is 0.670 bits per heavy atom. The Balaban J connectivity index is 1.34. The number of nitrogens with two attached hydrogens (primary N) is 6. The van der Waals surface area contributed by atoms with Gasteiger partial charge in [0.1, 0.15) is 72.5 Å². The molecule has 36 heteroatoms. The zero-order valence-corrected chi connectivity index (χ0v) is 55.2. The molecule has 5 rings (SSSR count). The summed E-state index contributed by atoms with van der Waals surface area (Å²) in [4.78, 5) is 168. The minimum atomic E-state index is -1.83. The van der Waals surface area contributed by atoms with Gasteiger partial charge in [-0.1, -0.05) is 89.7 Å². The van der Waals surface area contributed by atoms with Crippen molar-refractivity contribution >= 4 is 98.5 Å². The number of likely N-dealkylation sites (tertiary alicyclic amines) is 1. The molecule has 13 atom stereocenters. The Kier molecular flexibility index (Phi) is 33.7. The number of ether oxygens (including phenoxy) is 3. The predicted molar refractivity (Wildman–Crippen MR) is 352 cm³/mol. The third-order valence-electron chi connectivity index (χ3n) is 15.8. The summed E-state index contributed by atoms with van der Waals surface area (Å²) in [5.41, 5.74) is 34.6. The van der Waals surface area contributed by atoms with Gasteiger partial charge in [-0.3, -0.25) is 62.5 Å². The molecule has 3 saturated heterocycles. The fraction of sp³-hybridized carbons (Fsp3) is 0.590. The van der Waals surface area contributed by atoms with Crippen molar-refractivity contribution in [2.75, 3.05) is 44.4 Å². The molecule has 0 aromatic heterocycles. The quantitative estimate of drug-likeness (QED) is 0.00835. The second-order valence-corrected chi connectivity index (χ2v) is 26.0. The molecule has 536 valence electrons. The van der Waals surface area contributed by atoms with Crippen LogP contribution in [0.1, 0.15) is 101 Å². The third-order valence-corrected chi connectivity index (χ3v) is 18.2. The van der Waals surface area contributed by atoms with Crippen LogP contribution in [0.25, 0.3) is 0 Å². The van der Waals surface area contributed by atoms with Crippen molar-refractivity contribution in [2.45, 2.75) is 182 Å². The number of rotatable bonds is 31. The Labute approximate surface area is 567 Å². The fourth-order valence-corrected chi connectivity index (χ4v) is 12.8. The van der Waals surface area contributed by atoms with Gasteiger partial charge < -0.3 is 111 Å². The molecule has 2 aromatic carbocycles. The second kappa shape index (κ2) is 41.1. The van der Waals surface area contributed by atoms with Crippen LogP contribution in [0.3, 0.4) is 0 Å². The monoisotopic (exact) mass is 1400 g/mol. The van der Waals surface area contributed by atoms with E-state index < -0.39 is 182 Å². The van der Waals surface area contributed by atoms with Crippen molar-refractivity contribution in [2.24, 2.45) is 39.4 Å². The average Bonchev–Trinajstić information content (AvgIpc) is 1.81. The number of aliphatic hydroxyl groups is 4. The van der Waals surface area contributed by atoms with E-state index in [1.165, 1.54) is 17.0 Å². The van der Waals surface area contributed by atoms with Gasteiger partial charge in [0.15, 0.2) is 12.2 Å². The van der Waals surface area contributed by atoms with E-state index in [1.54, 1.807) is 42.5 Å². The van der Waals surface area contributed by atoms with E-state index in [2.05, 4.69) is 42.2 Å². The number of nitrogens with one attached hydrogen (secondary N) is 7. The SMILES string of the molecule is NC(=O)CC[C@@H]1NC(=O)[C@H](Cc2ccccc2)NC(=O)C(Cc2ccc(OC(=O)CCCCCCCCO[C@@H]3O[C@H](CO)[C@@H](O)[C@H](O)[C@H]3O)cc2)NC(=O)[C@@H](N)CSSC[C@@H](C(=O)N2CCC[C@H]2C(=O)N[C@@H](CCCN=C(N)N)C(=O)NCC(N)=O)NC(=O)C(CC(N)=O)NC1=O. The number of aliphatic hydroxyl groups excluding tert-OH is 4. The normalized spacial score (nSPS) is 24.9. The van der Waals surface area contributed by atoms with E-state index >= 15 is 0 Å². The van der Waals surface area contributed by atoms with Crippen LogP contribution < -0.4 is 76.4 Å². The van der Waals surface area contributed by atoms with Gasteiger partial charge in [-0.15, -0.1) is 0 Å². The Morgan fingerprint density at radius 3 is 1.91 bits per heavy atom. The topological polar surface area (TPSA) is 569 Å². The number of unbranched alkanes of at least 4 members (excludes halogenated alkanes) is 5. The zero-order valence-electron chi connectivity index (χ0n) is 53.6. The molecule has 3 aliphatic rings. The third kappa shape index (κ3) is 27.3. The van der Waals surface area contributed by atoms with Gasteiger partial charge in [0.05, 0.1) is 25.6 Å². The van der Waals surface area contributed by atoms with Crippen molar-refractivity contribution in [3.05, 3.63) is 65.7 Å². The first-order chi connectivity index (χ1) is 46.2. The van der Waals surface area contributed by atoms with E-state index in [9.17, 15) is 78.0 Å². The fourth-order valence-electron chi connectivity index (χ4n) is 10.5. The van der Waals surface area contributed by atoms with Crippen LogP contribution in [-0.2, 0) is 79.8 Å². The van der Waals surface area contributed by atoms with E-state index in [0.717, 1.165) is 40.9 Å². The number of esters is 1. The molecular formula is C61H91N15O19S2. The van der Waals surface area contributed by atoms with Crippen molar-refractivity contribution < 1.29 is 92.2 Å². The first-order valence-corrected chi connectivity index (χ1v) is 34.3. The average molecular weight is 1400 g/mol. The van der Waals surface area contributed by atoms with Gasteiger partial charge in [0.25, 0.3) is 0 Å². The zero-order chi connectivity index (χ0) is 71.1. The van der Waals surface area contributed by atoms with Crippen LogP contribution >= 0.6 is 21.6 Å². The van der Waals surface area contributed by atoms with Crippen molar-refractivity contribution in [1.82, 2.24) is 42.1 Å². The van der Waals surface area contributed by atoms with E-state index in [0.29, 0.717) is 30.4 Å². The van der Waals surface area contributed by atoms with E-state index in [1.807, 2.05) is 0 Å². The summed E-state index contributed by atoms with van der Waals surface area (Å²) in [5, 5.41) is 57.3. The summed E-state index contributed by atoms with van der Waals surface area (Å²) in [6, 6.07) is 2.63. The van der Waals surface area contributed by atoms with Gasteiger partial charge >= 0.3 is 5.97 Å². The summed E-state index contributed by atoms with van der Waals surface area (Å²) in [5.74, 6) is -11.2. The highest BCUT2D eigenvalue weighted by Gasteiger charge is 2.45. The molecule has 23 N–H and O–H groups in total. The molecule has 0 radical (unpaired) electrons. The molecule has 3 fully saturated rings. The number of benzene rings is 2. The van der Waals surface area contributed by atoms with Gasteiger partial charge in [0, 0.05) is 56.9 Å². The molecule has 3 heterocycles. The number of aliphatic imine (C=N–C) groups is 1. The number of hydrogen-bond acceptors (Lipinski definition) is 23. The number of carbonyl (C=O) groups is 12. The molecular weight excluding hydrogens is 1310 g/mol. The molecule has 34 nitrogen and oxygen atoms in total. The summed E-state index contributed by atoms with van der Waals surface area (Å²) in [6.07, 6.45) is -4.21. The van der Waals surface area contributed by atoms with Crippen molar-refractivity contribution in [3.63, 3.8) is 0 Å².